The highest BCUT2D eigenvalue weighted by atomic mass is 16.1. The van der Waals surface area contributed by atoms with E-state index in [2.05, 4.69) is 22.0 Å². The minimum atomic E-state index is -0.0108. The molecule has 1 N–H and O–H groups in total. The number of carbonyl (C=O) groups excluding carboxylic acids is 1. The average Bonchev–Trinajstić information content (AvgIpc) is 3.06. The molecule has 0 saturated carbocycles. The second kappa shape index (κ2) is 7.26. The van der Waals surface area contributed by atoms with Gasteiger partial charge in [-0.15, -0.1) is 0 Å². The normalized spacial score (nSPS) is 11.4. The second-order valence-corrected chi connectivity index (χ2v) is 7.60. The fraction of sp³-hybridized carbons (Fsp3) is 0.160. The van der Waals surface area contributed by atoms with Gasteiger partial charge in [-0.1, -0.05) is 42.5 Å². The van der Waals surface area contributed by atoms with Crippen LogP contribution in [0.25, 0.3) is 33.1 Å². The van der Waals surface area contributed by atoms with Crippen molar-refractivity contribution >= 4 is 44.7 Å². The Kier molecular flexibility index (Phi) is 4.43. The molecule has 3 aromatic carbocycles. The standard InChI is InChI=1S/C25H22N4O/c1-16-8-7-12-19(17(16)2)26-23(30)14-15-29-22-13-6-3-9-18(22)24-25(29)28-21-11-5-4-10-20(21)27-24/h3-13H,14-15H2,1-2H3,(H,26,30). The summed E-state index contributed by atoms with van der Waals surface area (Å²) in [5.41, 5.74) is 7.59. The van der Waals surface area contributed by atoms with Crippen LogP contribution in [0.1, 0.15) is 17.5 Å². The first-order chi connectivity index (χ1) is 14.6. The van der Waals surface area contributed by atoms with E-state index in [1.807, 2.05) is 68.4 Å². The van der Waals surface area contributed by atoms with Gasteiger partial charge in [0.15, 0.2) is 5.65 Å². The van der Waals surface area contributed by atoms with Gasteiger partial charge in [0.1, 0.15) is 5.52 Å². The average molecular weight is 394 g/mol. The third-order valence-corrected chi connectivity index (χ3v) is 5.70. The van der Waals surface area contributed by atoms with Crippen molar-refractivity contribution in [2.24, 2.45) is 0 Å². The molecule has 0 unspecified atom stereocenters. The molecule has 0 spiro atoms. The maximum absolute atomic E-state index is 12.7. The van der Waals surface area contributed by atoms with E-state index >= 15 is 0 Å². The van der Waals surface area contributed by atoms with Gasteiger partial charge in [0, 0.05) is 24.0 Å². The number of hydrogen-bond donors (Lipinski definition) is 1. The molecule has 0 aliphatic heterocycles. The largest absolute Gasteiger partial charge is 0.326 e. The number of para-hydroxylation sites is 3. The highest BCUT2D eigenvalue weighted by Gasteiger charge is 2.15. The Labute approximate surface area is 174 Å². The van der Waals surface area contributed by atoms with Gasteiger partial charge in [0.2, 0.25) is 5.91 Å². The molecular formula is C25H22N4O. The summed E-state index contributed by atoms with van der Waals surface area (Å²) in [6.07, 6.45) is 0.357. The van der Waals surface area contributed by atoms with E-state index in [0.717, 1.165) is 49.9 Å². The van der Waals surface area contributed by atoms with Gasteiger partial charge >= 0.3 is 0 Å². The Morgan fingerprint density at radius 1 is 0.900 bits per heavy atom. The molecule has 0 atom stereocenters. The number of benzene rings is 3. The van der Waals surface area contributed by atoms with Gasteiger partial charge in [-0.2, -0.15) is 0 Å². The summed E-state index contributed by atoms with van der Waals surface area (Å²) in [5, 5.41) is 4.11. The third-order valence-electron chi connectivity index (χ3n) is 5.70. The minimum absolute atomic E-state index is 0.0108. The SMILES string of the molecule is Cc1cccc(NC(=O)CCn2c3ccccc3c3nc4ccccc4nc32)c1C. The number of aryl methyl sites for hydroxylation is 2. The van der Waals surface area contributed by atoms with E-state index in [1.165, 1.54) is 0 Å². The van der Waals surface area contributed by atoms with Crippen molar-refractivity contribution in [1.29, 1.82) is 0 Å². The summed E-state index contributed by atoms with van der Waals surface area (Å²) in [6, 6.07) is 22.0. The van der Waals surface area contributed by atoms with Gasteiger partial charge in [-0.05, 0) is 49.2 Å². The van der Waals surface area contributed by atoms with Crippen molar-refractivity contribution in [3.05, 3.63) is 77.9 Å². The monoisotopic (exact) mass is 394 g/mol. The van der Waals surface area contributed by atoms with Crippen LogP contribution >= 0.6 is 0 Å². The van der Waals surface area contributed by atoms with E-state index in [9.17, 15) is 4.79 Å². The number of nitrogens with zero attached hydrogens (tertiary/aromatic N) is 3. The fourth-order valence-corrected chi connectivity index (χ4v) is 3.92. The molecule has 148 valence electrons. The van der Waals surface area contributed by atoms with Crippen molar-refractivity contribution in [3.63, 3.8) is 0 Å². The molecule has 2 heterocycles. The topological polar surface area (TPSA) is 59.8 Å². The zero-order valence-corrected chi connectivity index (χ0v) is 17.0. The number of aromatic nitrogens is 3. The molecule has 0 radical (unpaired) electrons. The van der Waals surface area contributed by atoms with Crippen LogP contribution in [0.2, 0.25) is 0 Å². The summed E-state index contributed by atoms with van der Waals surface area (Å²) < 4.78 is 2.10. The molecule has 30 heavy (non-hydrogen) atoms. The molecule has 0 saturated heterocycles. The molecular weight excluding hydrogens is 372 g/mol. The molecule has 0 aliphatic carbocycles. The van der Waals surface area contributed by atoms with Crippen molar-refractivity contribution in [1.82, 2.24) is 14.5 Å². The van der Waals surface area contributed by atoms with Crippen LogP contribution in [0, 0.1) is 13.8 Å². The first kappa shape index (κ1) is 18.3. The van der Waals surface area contributed by atoms with Crippen molar-refractivity contribution in [2.45, 2.75) is 26.8 Å². The number of carbonyl (C=O) groups is 1. The molecule has 5 rings (SSSR count). The zero-order valence-electron chi connectivity index (χ0n) is 17.0. The molecule has 0 aliphatic rings. The summed E-state index contributed by atoms with van der Waals surface area (Å²) in [7, 11) is 0. The number of amides is 1. The lowest BCUT2D eigenvalue weighted by Crippen LogP contribution is -2.15. The Balaban J connectivity index is 1.51. The zero-order chi connectivity index (χ0) is 20.7. The Morgan fingerprint density at radius 2 is 1.63 bits per heavy atom. The van der Waals surface area contributed by atoms with Gasteiger partial charge in [0.25, 0.3) is 0 Å². The van der Waals surface area contributed by atoms with Gasteiger partial charge in [-0.25, -0.2) is 9.97 Å². The number of rotatable bonds is 4. The van der Waals surface area contributed by atoms with Crippen molar-refractivity contribution in [2.75, 3.05) is 5.32 Å². The molecule has 0 bridgehead atoms. The smallest absolute Gasteiger partial charge is 0.226 e. The van der Waals surface area contributed by atoms with Crippen LogP contribution in [-0.2, 0) is 11.3 Å². The predicted molar refractivity (Wildman–Crippen MR) is 122 cm³/mol. The molecule has 2 aromatic heterocycles. The number of nitrogens with one attached hydrogen (secondary N) is 1. The van der Waals surface area contributed by atoms with Crippen molar-refractivity contribution < 1.29 is 4.79 Å². The Bertz CT molecular complexity index is 1420. The first-order valence-corrected chi connectivity index (χ1v) is 10.1. The van der Waals surface area contributed by atoms with Crippen LogP contribution in [0.3, 0.4) is 0 Å². The molecule has 1 amide bonds. The molecule has 5 heteroatoms. The summed E-state index contributed by atoms with van der Waals surface area (Å²) in [4.78, 5) is 22.4. The highest BCUT2D eigenvalue weighted by molar-refractivity contribution is 6.06. The van der Waals surface area contributed by atoms with Crippen LogP contribution in [0.4, 0.5) is 5.69 Å². The van der Waals surface area contributed by atoms with Crippen LogP contribution in [0.15, 0.2) is 66.7 Å². The minimum Gasteiger partial charge on any atom is -0.326 e. The molecule has 5 aromatic rings. The van der Waals surface area contributed by atoms with Crippen molar-refractivity contribution in [3.8, 4) is 0 Å². The summed E-state index contributed by atoms with van der Waals surface area (Å²) in [6.45, 7) is 4.61. The molecule has 5 nitrogen and oxygen atoms in total. The predicted octanol–water partition coefficient (Wildman–Crippen LogP) is 5.38. The van der Waals surface area contributed by atoms with Crippen LogP contribution in [0.5, 0.6) is 0 Å². The summed E-state index contributed by atoms with van der Waals surface area (Å²) >= 11 is 0. The van der Waals surface area contributed by atoms with E-state index in [-0.39, 0.29) is 5.91 Å². The summed E-state index contributed by atoms with van der Waals surface area (Å²) in [5.74, 6) is -0.0108. The maximum atomic E-state index is 12.7. The molecule has 0 fully saturated rings. The Hall–Kier alpha value is -3.73. The lowest BCUT2D eigenvalue weighted by atomic mass is 10.1. The van der Waals surface area contributed by atoms with Crippen LogP contribution < -0.4 is 5.32 Å². The van der Waals surface area contributed by atoms with Gasteiger partial charge in [0.05, 0.1) is 16.6 Å². The van der Waals surface area contributed by atoms with Gasteiger partial charge in [-0.3, -0.25) is 4.79 Å². The lowest BCUT2D eigenvalue weighted by molar-refractivity contribution is -0.116. The van der Waals surface area contributed by atoms with E-state index in [4.69, 9.17) is 9.97 Å². The highest BCUT2D eigenvalue weighted by Crippen LogP contribution is 2.28. The third kappa shape index (κ3) is 3.08. The number of anilines is 1. The quantitative estimate of drug-likeness (QED) is 0.445. The van der Waals surface area contributed by atoms with E-state index in [0.29, 0.717) is 13.0 Å². The fourth-order valence-electron chi connectivity index (χ4n) is 3.92. The maximum Gasteiger partial charge on any atom is 0.226 e. The second-order valence-electron chi connectivity index (χ2n) is 7.60. The van der Waals surface area contributed by atoms with E-state index < -0.39 is 0 Å². The van der Waals surface area contributed by atoms with Gasteiger partial charge < -0.3 is 9.88 Å². The number of hydrogen-bond acceptors (Lipinski definition) is 3. The lowest BCUT2D eigenvalue weighted by Gasteiger charge is -2.11. The number of fused-ring (bicyclic) bond motifs is 4. The first-order valence-electron chi connectivity index (χ1n) is 10.1. The van der Waals surface area contributed by atoms with Crippen LogP contribution in [-0.4, -0.2) is 20.4 Å². The van der Waals surface area contributed by atoms with E-state index in [1.54, 1.807) is 0 Å². The Morgan fingerprint density at radius 3 is 2.47 bits per heavy atom.